The summed E-state index contributed by atoms with van der Waals surface area (Å²) in [6, 6.07) is -0.877. The fraction of sp³-hybridized carbons (Fsp3) is 0.980. The monoisotopic (exact) mass is 998 g/mol. The number of unbranched alkanes of at least 4 members (excludes halogenated alkanes) is 22. The molecule has 0 aromatic heterocycles. The molecule has 3 fully saturated rings. The number of carbonyl (C=O) groups excluding carboxylic acids is 1. The lowest BCUT2D eigenvalue weighted by atomic mass is 9.96. The van der Waals surface area contributed by atoms with Crippen molar-refractivity contribution in [1.82, 2.24) is 5.32 Å². The highest BCUT2D eigenvalue weighted by atomic mass is 16.8. The molecule has 408 valence electrons. The van der Waals surface area contributed by atoms with Crippen molar-refractivity contribution in [3.05, 3.63) is 0 Å². The number of hydrogen-bond donors (Lipinski definition) is 12. The van der Waals surface area contributed by atoms with Gasteiger partial charge in [0.25, 0.3) is 0 Å². The topological polar surface area (TPSA) is 307 Å². The highest BCUT2D eigenvalue weighted by Crippen LogP contribution is 2.33. The molecule has 17 atom stereocenters. The maximum atomic E-state index is 13.2. The van der Waals surface area contributed by atoms with E-state index in [1.165, 1.54) is 103 Å². The Morgan fingerprint density at radius 2 is 0.826 bits per heavy atom. The average molecular weight is 998 g/mol. The first-order chi connectivity index (χ1) is 33.3. The predicted molar refractivity (Wildman–Crippen MR) is 254 cm³/mol. The molecule has 12 N–H and O–H groups in total. The maximum absolute atomic E-state index is 13.2. The molecule has 0 radical (unpaired) electrons. The van der Waals surface area contributed by atoms with Gasteiger partial charge in [-0.05, 0) is 12.8 Å². The van der Waals surface area contributed by atoms with Crippen molar-refractivity contribution in [2.75, 3.05) is 26.4 Å². The summed E-state index contributed by atoms with van der Waals surface area (Å²) in [7, 11) is 0. The third kappa shape index (κ3) is 21.7. The van der Waals surface area contributed by atoms with Gasteiger partial charge in [-0.25, -0.2) is 0 Å². The van der Waals surface area contributed by atoms with Crippen LogP contribution in [0.3, 0.4) is 0 Å². The molecule has 0 aliphatic carbocycles. The summed E-state index contributed by atoms with van der Waals surface area (Å²) in [5.74, 6) is -0.244. The van der Waals surface area contributed by atoms with E-state index in [1.807, 2.05) is 0 Å². The Bertz CT molecular complexity index is 1290. The van der Waals surface area contributed by atoms with Crippen molar-refractivity contribution in [2.24, 2.45) is 0 Å². The summed E-state index contributed by atoms with van der Waals surface area (Å²) in [4.78, 5) is 13.2. The van der Waals surface area contributed by atoms with Gasteiger partial charge < -0.3 is 89.9 Å². The summed E-state index contributed by atoms with van der Waals surface area (Å²) >= 11 is 0. The Hall–Kier alpha value is -1.21. The van der Waals surface area contributed by atoms with E-state index in [0.717, 1.165) is 44.9 Å². The second-order valence-electron chi connectivity index (χ2n) is 19.7. The number of aliphatic hydroxyl groups excluding tert-OH is 11. The van der Waals surface area contributed by atoms with E-state index in [1.54, 1.807) is 0 Å². The van der Waals surface area contributed by atoms with Gasteiger partial charge >= 0.3 is 0 Å². The minimum Gasteiger partial charge on any atom is -0.394 e. The molecule has 0 saturated carbocycles. The molecular weight excluding hydrogens is 903 g/mol. The second-order valence-corrected chi connectivity index (χ2v) is 19.7. The van der Waals surface area contributed by atoms with Crippen LogP contribution in [0.15, 0.2) is 0 Å². The van der Waals surface area contributed by atoms with Crippen LogP contribution >= 0.6 is 0 Å². The van der Waals surface area contributed by atoms with Crippen molar-refractivity contribution >= 4 is 5.91 Å². The molecule has 3 aliphatic rings. The first-order valence-electron chi connectivity index (χ1n) is 26.8. The third-order valence-electron chi connectivity index (χ3n) is 13.9. The van der Waals surface area contributed by atoms with Crippen LogP contribution in [-0.4, -0.2) is 193 Å². The van der Waals surface area contributed by atoms with Crippen LogP contribution in [0.5, 0.6) is 0 Å². The Balaban J connectivity index is 1.53. The van der Waals surface area contributed by atoms with Gasteiger partial charge in [-0.3, -0.25) is 4.79 Å². The summed E-state index contributed by atoms with van der Waals surface area (Å²) in [6.45, 7) is 1.75. The number of amides is 1. The molecule has 3 heterocycles. The minimum absolute atomic E-state index is 0.244. The fourth-order valence-corrected chi connectivity index (χ4v) is 9.43. The van der Waals surface area contributed by atoms with E-state index >= 15 is 0 Å². The van der Waals surface area contributed by atoms with E-state index in [-0.39, 0.29) is 18.9 Å². The number of ether oxygens (including phenoxy) is 6. The van der Waals surface area contributed by atoms with Gasteiger partial charge in [0.15, 0.2) is 18.9 Å². The van der Waals surface area contributed by atoms with Crippen molar-refractivity contribution in [1.29, 1.82) is 0 Å². The van der Waals surface area contributed by atoms with E-state index in [4.69, 9.17) is 28.4 Å². The number of aliphatic hydroxyl groups is 11. The van der Waals surface area contributed by atoms with Crippen molar-refractivity contribution in [3.8, 4) is 0 Å². The summed E-state index contributed by atoms with van der Waals surface area (Å²) in [5.41, 5.74) is 0. The normalized spacial score (nSPS) is 32.8. The minimum atomic E-state index is -1.97. The largest absolute Gasteiger partial charge is 0.394 e. The zero-order valence-electron chi connectivity index (χ0n) is 41.8. The van der Waals surface area contributed by atoms with Crippen molar-refractivity contribution in [2.45, 2.75) is 285 Å². The first-order valence-corrected chi connectivity index (χ1v) is 26.8. The van der Waals surface area contributed by atoms with Gasteiger partial charge in [0.05, 0.1) is 38.6 Å². The number of carbonyl (C=O) groups is 1. The van der Waals surface area contributed by atoms with Crippen LogP contribution < -0.4 is 5.32 Å². The zero-order valence-corrected chi connectivity index (χ0v) is 41.8. The Labute approximate surface area is 411 Å². The standard InChI is InChI=1S/C50H95NO18/c1-3-5-7-9-11-13-15-16-17-18-20-22-24-26-28-38(56)51-33(34(55)27-25-23-21-19-14-12-10-8-6-4-2)32-64-48-44(62)41(59)46(36(30-53)66-48)69-50-45(63)42(60)47(37(31-54)67-50)68-49-43(61)40(58)39(57)35(29-52)65-49/h33-37,39-50,52-55,57-63H,3-32H2,1-2H3,(H,51,56). The van der Waals surface area contributed by atoms with E-state index in [9.17, 15) is 61.0 Å². The Kier molecular flexibility index (Phi) is 32.3. The van der Waals surface area contributed by atoms with Crippen LogP contribution in [-0.2, 0) is 33.2 Å². The summed E-state index contributed by atoms with van der Waals surface area (Å²) in [6.07, 6.45) is 2.13. The maximum Gasteiger partial charge on any atom is 0.220 e. The molecule has 3 rings (SSSR count). The molecular formula is C50H95NO18. The first kappa shape index (κ1) is 62.1. The lowest BCUT2D eigenvalue weighted by Gasteiger charge is -2.48. The fourth-order valence-electron chi connectivity index (χ4n) is 9.43. The smallest absolute Gasteiger partial charge is 0.220 e. The van der Waals surface area contributed by atoms with E-state index < -0.39 is 124 Å². The molecule has 0 spiro atoms. The lowest BCUT2D eigenvalue weighted by Crippen LogP contribution is -2.66. The molecule has 17 unspecified atom stereocenters. The lowest BCUT2D eigenvalue weighted by molar-refractivity contribution is -0.379. The van der Waals surface area contributed by atoms with Gasteiger partial charge in [-0.15, -0.1) is 0 Å². The van der Waals surface area contributed by atoms with Crippen LogP contribution in [0.25, 0.3) is 0 Å². The van der Waals surface area contributed by atoms with Gasteiger partial charge in [0.1, 0.15) is 73.2 Å². The molecule has 19 heteroatoms. The SMILES string of the molecule is CCCCCCCCCCCCCCCCC(=O)NC(COC1OC(CO)C(OC2OC(CO)C(OC3OC(CO)C(O)C(O)C3O)C(O)C2O)C(O)C1O)C(O)CCCCCCCCCCCC. The summed E-state index contributed by atoms with van der Waals surface area (Å²) < 4.78 is 34.2. The van der Waals surface area contributed by atoms with E-state index in [2.05, 4.69) is 19.2 Å². The molecule has 3 saturated heterocycles. The van der Waals surface area contributed by atoms with Crippen LogP contribution in [0.1, 0.15) is 181 Å². The highest BCUT2D eigenvalue weighted by molar-refractivity contribution is 5.76. The van der Waals surface area contributed by atoms with Crippen LogP contribution in [0, 0.1) is 0 Å². The summed E-state index contributed by atoms with van der Waals surface area (Å²) in [5, 5.41) is 120. The zero-order chi connectivity index (χ0) is 50.6. The number of rotatable bonds is 38. The van der Waals surface area contributed by atoms with Crippen molar-refractivity contribution < 1.29 is 89.4 Å². The molecule has 0 aromatic rings. The molecule has 0 aromatic carbocycles. The van der Waals surface area contributed by atoms with Gasteiger partial charge in [0, 0.05) is 6.42 Å². The number of nitrogens with one attached hydrogen (secondary N) is 1. The number of hydrogen-bond acceptors (Lipinski definition) is 18. The molecule has 3 aliphatic heterocycles. The molecule has 1 amide bonds. The van der Waals surface area contributed by atoms with Crippen LogP contribution in [0.2, 0.25) is 0 Å². The molecule has 0 bridgehead atoms. The van der Waals surface area contributed by atoms with Gasteiger partial charge in [0.2, 0.25) is 5.91 Å². The van der Waals surface area contributed by atoms with Crippen molar-refractivity contribution in [3.63, 3.8) is 0 Å². The highest BCUT2D eigenvalue weighted by Gasteiger charge is 2.53. The Morgan fingerprint density at radius 3 is 1.26 bits per heavy atom. The van der Waals surface area contributed by atoms with E-state index in [0.29, 0.717) is 12.8 Å². The van der Waals surface area contributed by atoms with Gasteiger partial charge in [-0.1, -0.05) is 162 Å². The van der Waals surface area contributed by atoms with Crippen LogP contribution in [0.4, 0.5) is 0 Å². The second kappa shape index (κ2) is 35.9. The third-order valence-corrected chi connectivity index (χ3v) is 13.9. The Morgan fingerprint density at radius 1 is 0.464 bits per heavy atom. The predicted octanol–water partition coefficient (Wildman–Crippen LogP) is 2.48. The quantitative estimate of drug-likeness (QED) is 0.0396. The molecule has 19 nitrogen and oxygen atoms in total. The molecule has 69 heavy (non-hydrogen) atoms. The average Bonchev–Trinajstić information content (AvgIpc) is 3.34. The van der Waals surface area contributed by atoms with Gasteiger partial charge in [-0.2, -0.15) is 0 Å².